The molecule has 0 aliphatic carbocycles. The first-order valence-electron chi connectivity index (χ1n) is 6.38. The van der Waals surface area contributed by atoms with Crippen molar-refractivity contribution in [3.05, 3.63) is 42.2 Å². The number of aliphatic carboxylic acids is 1. The quantitative estimate of drug-likeness (QED) is 0.712. The van der Waals surface area contributed by atoms with E-state index in [2.05, 4.69) is 10.3 Å². The molecule has 1 aromatic heterocycles. The van der Waals surface area contributed by atoms with Crippen LogP contribution in [0.25, 0.3) is 0 Å². The number of pyridine rings is 1. The molecule has 1 aromatic rings. The maximum absolute atomic E-state index is 12.2. The second kappa shape index (κ2) is 5.05. The van der Waals surface area contributed by atoms with Crippen molar-refractivity contribution in [3.8, 4) is 0 Å². The largest absolute Gasteiger partial charge is 0.550 e. The Kier molecular flexibility index (Phi) is 3.23. The van der Waals surface area contributed by atoms with Gasteiger partial charge < -0.3 is 20.0 Å². The van der Waals surface area contributed by atoms with Gasteiger partial charge in [-0.1, -0.05) is 18.2 Å². The van der Waals surface area contributed by atoms with Crippen molar-refractivity contribution in [2.24, 2.45) is 11.8 Å². The van der Waals surface area contributed by atoms with E-state index in [-0.39, 0.29) is 5.91 Å². The van der Waals surface area contributed by atoms with Crippen LogP contribution in [0.5, 0.6) is 0 Å². The van der Waals surface area contributed by atoms with Crippen molar-refractivity contribution in [2.75, 3.05) is 0 Å². The number of fused-ring (bicyclic) bond motifs is 2. The Labute approximate surface area is 115 Å². The third kappa shape index (κ3) is 2.18. The van der Waals surface area contributed by atoms with Gasteiger partial charge in [0.25, 0.3) is 0 Å². The number of rotatable bonds is 4. The highest BCUT2D eigenvalue weighted by molar-refractivity contribution is 5.86. The average molecular weight is 273 g/mol. The van der Waals surface area contributed by atoms with Crippen molar-refractivity contribution < 1.29 is 19.4 Å². The predicted octanol–water partition coefficient (Wildman–Crippen LogP) is -0.983. The van der Waals surface area contributed by atoms with E-state index in [9.17, 15) is 14.7 Å². The second-order valence-electron chi connectivity index (χ2n) is 4.90. The highest BCUT2D eigenvalue weighted by Gasteiger charge is 2.50. The number of nitrogens with one attached hydrogen (secondary N) is 1. The molecule has 0 aromatic carbocycles. The molecule has 6 heteroatoms. The first-order chi connectivity index (χ1) is 9.66. The SMILES string of the molecule is O=C(NCc1cccnc1)[C@@H]1[C@@H](C(=O)[O-])[C@H]2C=C[C@@H]1O2. The summed E-state index contributed by atoms with van der Waals surface area (Å²) in [7, 11) is 0. The third-order valence-corrected chi connectivity index (χ3v) is 3.66. The van der Waals surface area contributed by atoms with E-state index in [1.165, 1.54) is 0 Å². The zero-order valence-corrected chi connectivity index (χ0v) is 10.6. The van der Waals surface area contributed by atoms with Gasteiger partial charge in [0.2, 0.25) is 5.91 Å². The standard InChI is InChI=1S/C14H14N2O4/c17-13(16-7-8-2-1-5-15-6-8)11-9-3-4-10(20-9)12(11)14(18)19/h1-6,9-12H,7H2,(H,16,17)(H,18,19)/p-1/t9-,10+,11-,12-/m0/s1. The number of aromatic nitrogens is 1. The number of carbonyl (C=O) groups excluding carboxylic acids is 2. The molecule has 3 rings (SSSR count). The molecule has 2 aliphatic heterocycles. The lowest BCUT2D eigenvalue weighted by Gasteiger charge is -2.24. The van der Waals surface area contributed by atoms with Crippen LogP contribution in [0.3, 0.4) is 0 Å². The number of nitrogens with zero attached hydrogens (tertiary/aromatic N) is 1. The summed E-state index contributed by atoms with van der Waals surface area (Å²) in [6.45, 7) is 0.310. The molecule has 4 atom stereocenters. The van der Waals surface area contributed by atoms with Crippen LogP contribution in [-0.2, 0) is 20.9 Å². The van der Waals surface area contributed by atoms with Crippen LogP contribution < -0.4 is 10.4 Å². The smallest absolute Gasteiger partial charge is 0.227 e. The van der Waals surface area contributed by atoms with Gasteiger partial charge in [-0.25, -0.2) is 0 Å². The first kappa shape index (κ1) is 12.8. The number of carboxylic acid groups (broad SMARTS) is 1. The Morgan fingerprint density at radius 2 is 2.05 bits per heavy atom. The van der Waals surface area contributed by atoms with Crippen LogP contribution >= 0.6 is 0 Å². The normalized spacial score (nSPS) is 30.4. The minimum Gasteiger partial charge on any atom is -0.550 e. The zero-order valence-electron chi connectivity index (χ0n) is 10.6. The third-order valence-electron chi connectivity index (χ3n) is 3.66. The van der Waals surface area contributed by atoms with E-state index in [1.807, 2.05) is 6.07 Å². The molecule has 0 saturated carbocycles. The Balaban J connectivity index is 1.68. The van der Waals surface area contributed by atoms with Gasteiger partial charge in [-0.2, -0.15) is 0 Å². The molecular weight excluding hydrogens is 260 g/mol. The number of carboxylic acids is 1. The fraction of sp³-hybridized carbons (Fsp3) is 0.357. The van der Waals surface area contributed by atoms with Gasteiger partial charge in [0.05, 0.1) is 18.1 Å². The van der Waals surface area contributed by atoms with Crippen LogP contribution in [0.15, 0.2) is 36.7 Å². The van der Waals surface area contributed by atoms with Crippen molar-refractivity contribution >= 4 is 11.9 Å². The summed E-state index contributed by atoms with van der Waals surface area (Å²) < 4.78 is 5.43. The number of hydrogen-bond acceptors (Lipinski definition) is 5. The zero-order chi connectivity index (χ0) is 14.1. The highest BCUT2D eigenvalue weighted by atomic mass is 16.5. The maximum Gasteiger partial charge on any atom is 0.227 e. The van der Waals surface area contributed by atoms with Crippen LogP contribution in [0.4, 0.5) is 0 Å². The Morgan fingerprint density at radius 1 is 1.30 bits per heavy atom. The molecule has 0 unspecified atom stereocenters. The van der Waals surface area contributed by atoms with Gasteiger partial charge in [0.1, 0.15) is 0 Å². The number of carbonyl (C=O) groups is 2. The molecular formula is C14H13N2O4-. The molecule has 3 heterocycles. The number of hydrogen-bond donors (Lipinski definition) is 1. The molecule has 104 valence electrons. The van der Waals surface area contributed by atoms with Gasteiger partial charge in [0, 0.05) is 30.8 Å². The van der Waals surface area contributed by atoms with E-state index < -0.39 is 30.0 Å². The van der Waals surface area contributed by atoms with Gasteiger partial charge in [0.15, 0.2) is 0 Å². The van der Waals surface area contributed by atoms with Crippen LogP contribution in [0, 0.1) is 11.8 Å². The maximum atomic E-state index is 12.2. The highest BCUT2D eigenvalue weighted by Crippen LogP contribution is 2.38. The van der Waals surface area contributed by atoms with E-state index in [0.717, 1.165) is 5.56 Å². The summed E-state index contributed by atoms with van der Waals surface area (Å²) in [5.41, 5.74) is 0.852. The summed E-state index contributed by atoms with van der Waals surface area (Å²) >= 11 is 0. The van der Waals surface area contributed by atoms with Crippen molar-refractivity contribution in [1.29, 1.82) is 0 Å². The van der Waals surface area contributed by atoms with Crippen molar-refractivity contribution in [3.63, 3.8) is 0 Å². The number of ether oxygens (including phenoxy) is 1. The lowest BCUT2D eigenvalue weighted by Crippen LogP contribution is -2.46. The predicted molar refractivity (Wildman–Crippen MR) is 65.9 cm³/mol. The van der Waals surface area contributed by atoms with Crippen LogP contribution in [0.2, 0.25) is 0 Å². The minimum atomic E-state index is -1.25. The van der Waals surface area contributed by atoms with Crippen LogP contribution in [0.1, 0.15) is 5.56 Å². The van der Waals surface area contributed by atoms with Crippen molar-refractivity contribution in [2.45, 2.75) is 18.8 Å². The minimum absolute atomic E-state index is 0.310. The van der Waals surface area contributed by atoms with E-state index in [0.29, 0.717) is 6.54 Å². The molecule has 2 bridgehead atoms. The molecule has 1 N–H and O–H groups in total. The van der Waals surface area contributed by atoms with Crippen LogP contribution in [-0.4, -0.2) is 29.1 Å². The molecule has 6 nitrogen and oxygen atoms in total. The van der Waals surface area contributed by atoms with Gasteiger partial charge in [-0.05, 0) is 11.6 Å². The number of amides is 1. The average Bonchev–Trinajstić information content (AvgIpc) is 3.06. The molecule has 1 fully saturated rings. The monoisotopic (exact) mass is 273 g/mol. The van der Waals surface area contributed by atoms with Gasteiger partial charge in [-0.3, -0.25) is 9.78 Å². The summed E-state index contributed by atoms with van der Waals surface area (Å²) in [5, 5.41) is 13.9. The molecule has 0 radical (unpaired) electrons. The molecule has 2 aliphatic rings. The van der Waals surface area contributed by atoms with Crippen molar-refractivity contribution in [1.82, 2.24) is 10.3 Å². The fourth-order valence-corrected chi connectivity index (χ4v) is 2.71. The Morgan fingerprint density at radius 3 is 2.70 bits per heavy atom. The lowest BCUT2D eigenvalue weighted by atomic mass is 9.82. The van der Waals surface area contributed by atoms with E-state index in [1.54, 1.807) is 30.6 Å². The molecule has 0 spiro atoms. The van der Waals surface area contributed by atoms with Gasteiger partial charge in [-0.15, -0.1) is 0 Å². The summed E-state index contributed by atoms with van der Waals surface area (Å²) in [4.78, 5) is 27.3. The fourth-order valence-electron chi connectivity index (χ4n) is 2.71. The van der Waals surface area contributed by atoms with E-state index in [4.69, 9.17) is 4.74 Å². The Hall–Kier alpha value is -2.21. The second-order valence-corrected chi connectivity index (χ2v) is 4.90. The topological polar surface area (TPSA) is 91.4 Å². The lowest BCUT2D eigenvalue weighted by molar-refractivity contribution is -0.313. The summed E-state index contributed by atoms with van der Waals surface area (Å²) in [6, 6.07) is 3.61. The molecule has 1 amide bonds. The Bertz CT molecular complexity index is 558. The molecule has 1 saturated heterocycles. The van der Waals surface area contributed by atoms with Gasteiger partial charge >= 0.3 is 0 Å². The molecule has 20 heavy (non-hydrogen) atoms. The summed E-state index contributed by atoms with van der Waals surface area (Å²) in [6.07, 6.45) is 5.67. The first-order valence-corrected chi connectivity index (χ1v) is 6.38. The van der Waals surface area contributed by atoms with E-state index >= 15 is 0 Å². The summed E-state index contributed by atoms with van der Waals surface area (Å²) in [5.74, 6) is -3.23.